The zero-order valence-corrected chi connectivity index (χ0v) is 11.6. The normalized spacial score (nSPS) is 11.1. The Kier molecular flexibility index (Phi) is 5.03. The van der Waals surface area contributed by atoms with Crippen molar-refractivity contribution < 1.29 is 0 Å². The van der Waals surface area contributed by atoms with Crippen LogP contribution in [0.15, 0.2) is 30.7 Å². The van der Waals surface area contributed by atoms with E-state index in [2.05, 4.69) is 34.5 Å². The van der Waals surface area contributed by atoms with Crippen molar-refractivity contribution in [3.63, 3.8) is 0 Å². The van der Waals surface area contributed by atoms with E-state index in [1.807, 2.05) is 24.5 Å². The highest BCUT2D eigenvalue weighted by atomic mass is 15.3. The quantitative estimate of drug-likeness (QED) is 0.771. The summed E-state index contributed by atoms with van der Waals surface area (Å²) in [6.07, 6.45) is 7.74. The van der Waals surface area contributed by atoms with Gasteiger partial charge in [-0.2, -0.15) is 10.2 Å². The lowest BCUT2D eigenvalue weighted by Gasteiger charge is -2.06. The molecule has 0 aromatic carbocycles. The van der Waals surface area contributed by atoms with Gasteiger partial charge in [0.25, 0.3) is 0 Å². The van der Waals surface area contributed by atoms with E-state index in [4.69, 9.17) is 0 Å². The van der Waals surface area contributed by atoms with Gasteiger partial charge in [0.15, 0.2) is 5.82 Å². The van der Waals surface area contributed by atoms with Crippen molar-refractivity contribution in [1.82, 2.24) is 25.3 Å². The molecule has 0 bridgehead atoms. The smallest absolute Gasteiger partial charge is 0.175 e. The monoisotopic (exact) mass is 259 g/mol. The highest BCUT2D eigenvalue weighted by Gasteiger charge is 2.02. The first-order valence-electron chi connectivity index (χ1n) is 6.78. The highest BCUT2D eigenvalue weighted by molar-refractivity contribution is 5.20. The molecule has 2 heterocycles. The summed E-state index contributed by atoms with van der Waals surface area (Å²) in [5, 5.41) is 15.6. The zero-order valence-electron chi connectivity index (χ0n) is 11.6. The van der Waals surface area contributed by atoms with Gasteiger partial charge in [-0.15, -0.1) is 5.10 Å². The Hall–Kier alpha value is -1.75. The predicted molar refractivity (Wildman–Crippen MR) is 75.2 cm³/mol. The van der Waals surface area contributed by atoms with Gasteiger partial charge in [-0.25, -0.2) is 4.68 Å². The molecular formula is C14H21N5. The predicted octanol–water partition coefficient (Wildman–Crippen LogP) is 1.84. The summed E-state index contributed by atoms with van der Waals surface area (Å²) in [6.45, 7) is 6.57. The maximum absolute atomic E-state index is 4.31. The van der Waals surface area contributed by atoms with E-state index < -0.39 is 0 Å². The van der Waals surface area contributed by atoms with Crippen molar-refractivity contribution in [2.24, 2.45) is 5.92 Å². The highest BCUT2D eigenvalue weighted by Crippen LogP contribution is 2.06. The zero-order chi connectivity index (χ0) is 13.5. The van der Waals surface area contributed by atoms with E-state index in [-0.39, 0.29) is 0 Å². The second-order valence-electron chi connectivity index (χ2n) is 5.08. The van der Waals surface area contributed by atoms with Crippen molar-refractivity contribution in [3.05, 3.63) is 36.3 Å². The lowest BCUT2D eigenvalue weighted by Crippen LogP contribution is -2.20. The Bertz CT molecular complexity index is 478. The second kappa shape index (κ2) is 6.99. The number of aryl methyl sites for hydroxylation is 1. The first kappa shape index (κ1) is 13.7. The van der Waals surface area contributed by atoms with E-state index in [9.17, 15) is 0 Å². The minimum atomic E-state index is 0.708. The topological polar surface area (TPSA) is 55.6 Å². The molecule has 19 heavy (non-hydrogen) atoms. The van der Waals surface area contributed by atoms with E-state index in [1.54, 1.807) is 10.9 Å². The largest absolute Gasteiger partial charge is 0.316 e. The average Bonchev–Trinajstić information content (AvgIpc) is 2.88. The van der Waals surface area contributed by atoms with Crippen molar-refractivity contribution in [3.8, 4) is 5.82 Å². The number of nitrogens with one attached hydrogen (secondary N) is 1. The van der Waals surface area contributed by atoms with Gasteiger partial charge in [0.05, 0.1) is 6.20 Å². The third kappa shape index (κ3) is 4.44. The van der Waals surface area contributed by atoms with Crippen LogP contribution in [0.5, 0.6) is 0 Å². The summed E-state index contributed by atoms with van der Waals surface area (Å²) < 4.78 is 1.77. The van der Waals surface area contributed by atoms with Crippen LogP contribution >= 0.6 is 0 Å². The molecule has 0 atom stereocenters. The van der Waals surface area contributed by atoms with Crippen LogP contribution in [0.3, 0.4) is 0 Å². The van der Waals surface area contributed by atoms with Gasteiger partial charge in [-0.05, 0) is 49.5 Å². The SMILES string of the molecule is CC(C)CNCCCc1cnn(-c2cccnn2)c1. The van der Waals surface area contributed by atoms with E-state index in [0.29, 0.717) is 5.92 Å². The Morgan fingerprint density at radius 2 is 2.26 bits per heavy atom. The Labute approximate surface area is 114 Å². The second-order valence-corrected chi connectivity index (χ2v) is 5.08. The molecule has 0 spiro atoms. The van der Waals surface area contributed by atoms with Gasteiger partial charge in [0.2, 0.25) is 0 Å². The molecule has 5 nitrogen and oxygen atoms in total. The lowest BCUT2D eigenvalue weighted by atomic mass is 10.2. The van der Waals surface area contributed by atoms with Crippen molar-refractivity contribution >= 4 is 0 Å². The maximum Gasteiger partial charge on any atom is 0.175 e. The molecule has 0 saturated carbocycles. The van der Waals surface area contributed by atoms with Crippen LogP contribution in [0.1, 0.15) is 25.8 Å². The van der Waals surface area contributed by atoms with Crippen molar-refractivity contribution in [2.75, 3.05) is 13.1 Å². The van der Waals surface area contributed by atoms with Gasteiger partial charge >= 0.3 is 0 Å². The minimum absolute atomic E-state index is 0.708. The fraction of sp³-hybridized carbons (Fsp3) is 0.500. The Morgan fingerprint density at radius 1 is 1.37 bits per heavy atom. The van der Waals surface area contributed by atoms with Crippen LogP contribution in [0.2, 0.25) is 0 Å². The Balaban J connectivity index is 1.78. The summed E-state index contributed by atoms with van der Waals surface area (Å²) in [4.78, 5) is 0. The van der Waals surface area contributed by atoms with Crippen molar-refractivity contribution in [1.29, 1.82) is 0 Å². The molecule has 2 aromatic rings. The van der Waals surface area contributed by atoms with Gasteiger partial charge in [0, 0.05) is 12.4 Å². The van der Waals surface area contributed by atoms with Crippen LogP contribution in [-0.4, -0.2) is 33.1 Å². The molecule has 0 saturated heterocycles. The van der Waals surface area contributed by atoms with Gasteiger partial charge in [-0.1, -0.05) is 13.8 Å². The fourth-order valence-electron chi connectivity index (χ4n) is 1.84. The molecule has 2 rings (SSSR count). The molecule has 0 aliphatic carbocycles. The first-order chi connectivity index (χ1) is 9.25. The molecule has 1 N–H and O–H groups in total. The summed E-state index contributed by atoms with van der Waals surface area (Å²) in [7, 11) is 0. The third-order valence-corrected chi connectivity index (χ3v) is 2.80. The van der Waals surface area contributed by atoms with Crippen LogP contribution in [0.25, 0.3) is 5.82 Å². The standard InChI is InChI=1S/C14H21N5/c1-12(2)9-15-7-3-5-13-10-17-19(11-13)14-6-4-8-16-18-14/h4,6,8,10-12,15H,3,5,7,9H2,1-2H3. The molecule has 2 aromatic heterocycles. The molecule has 0 fully saturated rings. The molecule has 0 aliphatic heterocycles. The van der Waals surface area contributed by atoms with Crippen LogP contribution in [-0.2, 0) is 6.42 Å². The van der Waals surface area contributed by atoms with Gasteiger partial charge in [-0.3, -0.25) is 0 Å². The molecular weight excluding hydrogens is 238 g/mol. The van der Waals surface area contributed by atoms with E-state index in [0.717, 1.165) is 31.7 Å². The Morgan fingerprint density at radius 3 is 3.00 bits per heavy atom. The number of aromatic nitrogens is 4. The summed E-state index contributed by atoms with van der Waals surface area (Å²) >= 11 is 0. The maximum atomic E-state index is 4.31. The number of nitrogens with zero attached hydrogens (tertiary/aromatic N) is 4. The molecule has 5 heteroatoms. The van der Waals surface area contributed by atoms with Crippen LogP contribution < -0.4 is 5.32 Å². The number of hydrogen-bond acceptors (Lipinski definition) is 4. The van der Waals surface area contributed by atoms with Gasteiger partial charge < -0.3 is 5.32 Å². The summed E-state index contributed by atoms with van der Waals surface area (Å²) in [5.74, 6) is 1.46. The summed E-state index contributed by atoms with van der Waals surface area (Å²) in [5.41, 5.74) is 1.23. The molecule has 0 amide bonds. The first-order valence-corrected chi connectivity index (χ1v) is 6.78. The molecule has 0 unspecified atom stereocenters. The lowest BCUT2D eigenvalue weighted by molar-refractivity contribution is 0.543. The molecule has 0 aliphatic rings. The van der Waals surface area contributed by atoms with Crippen molar-refractivity contribution in [2.45, 2.75) is 26.7 Å². The van der Waals surface area contributed by atoms with Crippen LogP contribution in [0.4, 0.5) is 0 Å². The van der Waals surface area contributed by atoms with E-state index >= 15 is 0 Å². The third-order valence-electron chi connectivity index (χ3n) is 2.80. The van der Waals surface area contributed by atoms with Gasteiger partial charge in [0.1, 0.15) is 0 Å². The number of rotatable bonds is 7. The van der Waals surface area contributed by atoms with Crippen LogP contribution in [0, 0.1) is 5.92 Å². The van der Waals surface area contributed by atoms with E-state index in [1.165, 1.54) is 5.56 Å². The number of hydrogen-bond donors (Lipinski definition) is 1. The molecule has 102 valence electrons. The molecule has 0 radical (unpaired) electrons. The average molecular weight is 259 g/mol. The minimum Gasteiger partial charge on any atom is -0.316 e. The fourth-order valence-corrected chi connectivity index (χ4v) is 1.84. The summed E-state index contributed by atoms with van der Waals surface area (Å²) in [6, 6.07) is 3.76.